The van der Waals surface area contributed by atoms with Gasteiger partial charge < -0.3 is 4.74 Å². The highest BCUT2D eigenvalue weighted by Gasteiger charge is 2.11. The highest BCUT2D eigenvalue weighted by atomic mass is 79.9. The fraction of sp³-hybridized carbons (Fsp3) is 0.250. The van der Waals surface area contributed by atoms with Crippen LogP contribution in [0.1, 0.15) is 11.1 Å². The number of hydrogen-bond donors (Lipinski definition) is 0. The van der Waals surface area contributed by atoms with Crippen molar-refractivity contribution in [3.8, 4) is 11.5 Å². The van der Waals surface area contributed by atoms with Gasteiger partial charge in [0.05, 0.1) is 10.0 Å². The van der Waals surface area contributed by atoms with E-state index in [0.29, 0.717) is 21.5 Å². The van der Waals surface area contributed by atoms with E-state index in [2.05, 4.69) is 31.9 Å². The summed E-state index contributed by atoms with van der Waals surface area (Å²) in [6.45, 7) is 0. The average Bonchev–Trinajstić information content (AvgIpc) is 2.48. The second-order valence-corrected chi connectivity index (χ2v) is 6.78. The molecule has 0 N–H and O–H groups in total. The van der Waals surface area contributed by atoms with Crippen LogP contribution >= 0.6 is 55.1 Å². The van der Waals surface area contributed by atoms with Crippen molar-refractivity contribution in [2.24, 2.45) is 0 Å². The molecule has 0 aromatic heterocycles. The molecule has 2 aromatic rings. The van der Waals surface area contributed by atoms with Crippen LogP contribution in [0.15, 0.2) is 36.4 Å². The first-order chi connectivity index (χ1) is 10.2. The zero-order valence-electron chi connectivity index (χ0n) is 11.2. The summed E-state index contributed by atoms with van der Waals surface area (Å²) in [6, 6.07) is 11.6. The normalized spacial score (nSPS) is 10.7. The lowest BCUT2D eigenvalue weighted by Gasteiger charge is -2.13. The molecule has 1 nitrogen and oxygen atoms in total. The third-order valence-corrected chi connectivity index (χ3v) is 4.69. The number of benzene rings is 2. The Labute approximate surface area is 151 Å². The molecule has 0 atom stereocenters. The summed E-state index contributed by atoms with van der Waals surface area (Å²) >= 11 is 19.6. The van der Waals surface area contributed by atoms with Crippen LogP contribution in [0.2, 0.25) is 10.0 Å². The molecule has 112 valence electrons. The maximum absolute atomic E-state index is 6.39. The van der Waals surface area contributed by atoms with Crippen molar-refractivity contribution >= 4 is 55.1 Å². The van der Waals surface area contributed by atoms with Crippen LogP contribution in [0.3, 0.4) is 0 Å². The SMILES string of the molecule is Clc1c(CCBr)cccc1Oc1cccc(CCBr)c1Cl. The van der Waals surface area contributed by atoms with Crippen molar-refractivity contribution in [1.29, 1.82) is 0 Å². The van der Waals surface area contributed by atoms with E-state index in [1.807, 2.05) is 36.4 Å². The van der Waals surface area contributed by atoms with Gasteiger partial charge in [-0.25, -0.2) is 0 Å². The van der Waals surface area contributed by atoms with Gasteiger partial charge >= 0.3 is 0 Å². The fourth-order valence-corrected chi connectivity index (χ4v) is 3.35. The van der Waals surface area contributed by atoms with Gasteiger partial charge in [-0.15, -0.1) is 0 Å². The number of rotatable bonds is 6. The van der Waals surface area contributed by atoms with E-state index >= 15 is 0 Å². The molecule has 0 fully saturated rings. The van der Waals surface area contributed by atoms with Crippen molar-refractivity contribution in [2.45, 2.75) is 12.8 Å². The predicted molar refractivity (Wildman–Crippen MR) is 98.0 cm³/mol. The molecule has 0 bridgehead atoms. The van der Waals surface area contributed by atoms with Crippen molar-refractivity contribution < 1.29 is 4.74 Å². The lowest BCUT2D eigenvalue weighted by atomic mass is 10.1. The molecular formula is C16H14Br2Cl2O. The van der Waals surface area contributed by atoms with E-state index in [1.54, 1.807) is 0 Å². The summed E-state index contributed by atoms with van der Waals surface area (Å²) < 4.78 is 5.92. The maximum Gasteiger partial charge on any atom is 0.146 e. The highest BCUT2D eigenvalue weighted by molar-refractivity contribution is 9.09. The van der Waals surface area contributed by atoms with E-state index in [9.17, 15) is 0 Å². The lowest BCUT2D eigenvalue weighted by molar-refractivity contribution is 0.482. The number of aryl methyl sites for hydroxylation is 2. The minimum absolute atomic E-state index is 0.632. The van der Waals surface area contributed by atoms with Gasteiger partial charge in [-0.2, -0.15) is 0 Å². The van der Waals surface area contributed by atoms with Gasteiger partial charge in [0, 0.05) is 10.7 Å². The molecule has 5 heteroatoms. The highest BCUT2D eigenvalue weighted by Crippen LogP contribution is 2.37. The van der Waals surface area contributed by atoms with E-state index in [4.69, 9.17) is 27.9 Å². The van der Waals surface area contributed by atoms with Crippen LogP contribution in [-0.2, 0) is 12.8 Å². The minimum Gasteiger partial charge on any atom is -0.454 e. The molecule has 2 aromatic carbocycles. The number of ether oxygens (including phenoxy) is 1. The molecule has 2 rings (SSSR count). The first kappa shape index (κ1) is 17.1. The number of halogens is 4. The van der Waals surface area contributed by atoms with Crippen LogP contribution in [0.25, 0.3) is 0 Å². The standard InChI is InChI=1S/C16H14Br2Cl2O/c17-9-7-11-3-1-5-13(15(11)19)21-14-6-2-4-12(8-10-18)16(14)20/h1-6H,7-10H2. The van der Waals surface area contributed by atoms with E-state index in [-0.39, 0.29) is 0 Å². The summed E-state index contributed by atoms with van der Waals surface area (Å²) in [6.07, 6.45) is 1.71. The Morgan fingerprint density at radius 2 is 1.19 bits per heavy atom. The van der Waals surface area contributed by atoms with Crippen molar-refractivity contribution in [1.82, 2.24) is 0 Å². The molecule has 21 heavy (non-hydrogen) atoms. The van der Waals surface area contributed by atoms with Gasteiger partial charge in [-0.1, -0.05) is 79.3 Å². The fourth-order valence-electron chi connectivity index (χ4n) is 1.98. The van der Waals surface area contributed by atoms with Crippen molar-refractivity contribution in [3.05, 3.63) is 57.6 Å². The zero-order chi connectivity index (χ0) is 15.2. The third kappa shape index (κ3) is 4.38. The molecule has 0 amide bonds. The Kier molecular flexibility index (Phi) is 6.87. The largest absolute Gasteiger partial charge is 0.454 e. The van der Waals surface area contributed by atoms with Crippen molar-refractivity contribution in [3.63, 3.8) is 0 Å². The molecule has 0 spiro atoms. The van der Waals surface area contributed by atoms with Crippen LogP contribution in [0.5, 0.6) is 11.5 Å². The Balaban J connectivity index is 2.30. The Hall–Kier alpha value is -0.220. The lowest BCUT2D eigenvalue weighted by Crippen LogP contribution is -1.94. The molecule has 0 saturated carbocycles. The molecule has 0 radical (unpaired) electrons. The van der Waals surface area contributed by atoms with Crippen LogP contribution in [0, 0.1) is 0 Å². The first-order valence-corrected chi connectivity index (χ1v) is 9.51. The van der Waals surface area contributed by atoms with E-state index in [0.717, 1.165) is 34.6 Å². The zero-order valence-corrected chi connectivity index (χ0v) is 15.9. The second kappa shape index (κ2) is 8.42. The summed E-state index contributed by atoms with van der Waals surface area (Å²) in [5.74, 6) is 1.26. The van der Waals surface area contributed by atoms with Gasteiger partial charge in [0.1, 0.15) is 11.5 Å². The van der Waals surface area contributed by atoms with Gasteiger partial charge in [0.15, 0.2) is 0 Å². The summed E-state index contributed by atoms with van der Waals surface area (Å²) in [5, 5.41) is 2.99. The molecule has 0 aliphatic carbocycles. The van der Waals surface area contributed by atoms with Gasteiger partial charge in [0.2, 0.25) is 0 Å². The molecular weight excluding hydrogens is 439 g/mol. The average molecular weight is 453 g/mol. The molecule has 0 aliphatic heterocycles. The van der Waals surface area contributed by atoms with E-state index in [1.165, 1.54) is 0 Å². The van der Waals surface area contributed by atoms with E-state index < -0.39 is 0 Å². The Morgan fingerprint density at radius 1 is 0.762 bits per heavy atom. The molecule has 0 heterocycles. The number of hydrogen-bond acceptors (Lipinski definition) is 1. The monoisotopic (exact) mass is 450 g/mol. The van der Waals surface area contributed by atoms with Crippen LogP contribution in [0.4, 0.5) is 0 Å². The third-order valence-electron chi connectivity index (χ3n) is 3.03. The van der Waals surface area contributed by atoms with Crippen LogP contribution < -0.4 is 4.74 Å². The minimum atomic E-state index is 0.632. The Bertz CT molecular complexity index is 564. The number of alkyl halides is 2. The van der Waals surface area contributed by atoms with Gasteiger partial charge in [-0.05, 0) is 36.1 Å². The quantitative estimate of drug-likeness (QED) is 0.445. The molecule has 0 aliphatic rings. The first-order valence-electron chi connectivity index (χ1n) is 6.52. The smallest absolute Gasteiger partial charge is 0.146 e. The summed E-state index contributed by atoms with van der Waals surface area (Å²) in [7, 11) is 0. The molecule has 0 saturated heterocycles. The van der Waals surface area contributed by atoms with Gasteiger partial charge in [0.25, 0.3) is 0 Å². The van der Waals surface area contributed by atoms with Gasteiger partial charge in [-0.3, -0.25) is 0 Å². The summed E-state index contributed by atoms with van der Waals surface area (Å²) in [4.78, 5) is 0. The maximum atomic E-state index is 6.39. The topological polar surface area (TPSA) is 9.23 Å². The summed E-state index contributed by atoms with van der Waals surface area (Å²) in [5.41, 5.74) is 2.11. The molecule has 0 unspecified atom stereocenters. The predicted octanol–water partition coefficient (Wildman–Crippen LogP) is 6.66. The van der Waals surface area contributed by atoms with Crippen molar-refractivity contribution in [2.75, 3.05) is 10.7 Å². The van der Waals surface area contributed by atoms with Crippen LogP contribution in [-0.4, -0.2) is 10.7 Å². The Morgan fingerprint density at radius 3 is 1.57 bits per heavy atom. The second-order valence-electron chi connectivity index (χ2n) is 4.44.